The number of benzene rings is 3. The van der Waals surface area contributed by atoms with Crippen molar-refractivity contribution in [1.82, 2.24) is 0 Å². The Balaban J connectivity index is 1.64. The lowest BCUT2D eigenvalue weighted by atomic mass is 9.78. The number of hydrogen-bond acceptors (Lipinski definition) is 0. The van der Waals surface area contributed by atoms with Gasteiger partial charge in [-0.05, 0) is 84.5 Å². The second-order valence-electron chi connectivity index (χ2n) is 8.34. The summed E-state index contributed by atoms with van der Waals surface area (Å²) < 4.78 is 85.1. The van der Waals surface area contributed by atoms with E-state index in [9.17, 15) is 22.0 Å². The Morgan fingerprint density at radius 3 is 2.09 bits per heavy atom. The average Bonchev–Trinajstić information content (AvgIpc) is 2.75. The lowest BCUT2D eigenvalue weighted by Crippen LogP contribution is -2.17. The molecule has 0 bridgehead atoms. The van der Waals surface area contributed by atoms with Crippen LogP contribution in [0.15, 0.2) is 36.4 Å². The number of aryl methyl sites for hydroxylation is 1. The molecule has 0 radical (unpaired) electrons. The van der Waals surface area contributed by atoms with Crippen LogP contribution in [0.1, 0.15) is 54.4 Å². The third-order valence-corrected chi connectivity index (χ3v) is 6.21. The second-order valence-corrected chi connectivity index (χ2v) is 8.34. The van der Waals surface area contributed by atoms with Crippen LogP contribution >= 0.6 is 0 Å². The van der Waals surface area contributed by atoms with Crippen molar-refractivity contribution in [2.75, 3.05) is 0 Å². The maximum atomic E-state index is 15.2. The van der Waals surface area contributed by atoms with Gasteiger partial charge in [0.1, 0.15) is 17.5 Å². The van der Waals surface area contributed by atoms with Gasteiger partial charge in [-0.1, -0.05) is 25.5 Å². The minimum absolute atomic E-state index is 0.0167. The molecule has 3 aromatic carbocycles. The molecule has 0 aromatic heterocycles. The van der Waals surface area contributed by atoms with E-state index in [0.29, 0.717) is 29.5 Å². The molecule has 1 unspecified atom stereocenters. The maximum absolute atomic E-state index is 15.2. The van der Waals surface area contributed by atoms with E-state index in [2.05, 4.69) is 0 Å². The topological polar surface area (TPSA) is 0 Å². The molecule has 1 aliphatic rings. The standard InChI is InChI=1S/C26H22F6/c1-2-3-4-14-9-20(27)24(21(28)10-14)16-6-8-18-15(11-16)5-7-19(25(18)31)17-12-22(29)26(32)23(30)13-17/h5,7,9-10,12-13,16H,2-4,6,8,11H2,1H3. The van der Waals surface area contributed by atoms with E-state index in [4.69, 9.17) is 0 Å². The first-order chi connectivity index (χ1) is 15.3. The molecular weight excluding hydrogens is 426 g/mol. The molecule has 3 aromatic rings. The van der Waals surface area contributed by atoms with Crippen molar-refractivity contribution in [3.63, 3.8) is 0 Å². The van der Waals surface area contributed by atoms with Gasteiger partial charge in [0.25, 0.3) is 0 Å². The highest BCUT2D eigenvalue weighted by Gasteiger charge is 2.28. The average molecular weight is 448 g/mol. The predicted molar refractivity (Wildman–Crippen MR) is 111 cm³/mol. The van der Waals surface area contributed by atoms with Gasteiger partial charge in [0.15, 0.2) is 17.5 Å². The molecule has 1 atom stereocenters. The second kappa shape index (κ2) is 9.00. The van der Waals surface area contributed by atoms with Crippen molar-refractivity contribution < 1.29 is 26.3 Å². The van der Waals surface area contributed by atoms with Gasteiger partial charge < -0.3 is 0 Å². The molecule has 4 rings (SSSR count). The summed E-state index contributed by atoms with van der Waals surface area (Å²) >= 11 is 0. The lowest BCUT2D eigenvalue weighted by molar-refractivity contribution is 0.447. The van der Waals surface area contributed by atoms with Crippen LogP contribution in [-0.4, -0.2) is 0 Å². The monoisotopic (exact) mass is 448 g/mol. The zero-order chi connectivity index (χ0) is 23.0. The van der Waals surface area contributed by atoms with Gasteiger partial charge in [-0.25, -0.2) is 26.3 Å². The molecule has 0 N–H and O–H groups in total. The summed E-state index contributed by atoms with van der Waals surface area (Å²) in [6.45, 7) is 2.01. The summed E-state index contributed by atoms with van der Waals surface area (Å²) in [7, 11) is 0. The van der Waals surface area contributed by atoms with Gasteiger partial charge in [-0.3, -0.25) is 0 Å². The zero-order valence-corrected chi connectivity index (χ0v) is 17.6. The Kier molecular flexibility index (Phi) is 6.31. The first kappa shape index (κ1) is 22.4. The van der Waals surface area contributed by atoms with Crippen LogP contribution in [0, 0.1) is 34.9 Å². The molecule has 0 nitrogen and oxygen atoms in total. The van der Waals surface area contributed by atoms with Crippen LogP contribution < -0.4 is 0 Å². The van der Waals surface area contributed by atoms with E-state index in [1.165, 1.54) is 18.2 Å². The Hall–Kier alpha value is -2.76. The van der Waals surface area contributed by atoms with Gasteiger partial charge in [-0.15, -0.1) is 0 Å². The van der Waals surface area contributed by atoms with Gasteiger partial charge in [-0.2, -0.15) is 0 Å². The lowest BCUT2D eigenvalue weighted by Gasteiger charge is -2.27. The van der Waals surface area contributed by atoms with E-state index >= 15 is 4.39 Å². The van der Waals surface area contributed by atoms with Gasteiger partial charge in [0.05, 0.1) is 0 Å². The molecule has 0 amide bonds. The SMILES string of the molecule is CCCCc1cc(F)c(C2CCc3c(ccc(-c4cc(F)c(F)c(F)c4)c3F)C2)c(F)c1. The fourth-order valence-corrected chi connectivity index (χ4v) is 4.54. The van der Waals surface area contributed by atoms with Crippen LogP contribution in [-0.2, 0) is 19.3 Å². The van der Waals surface area contributed by atoms with Crippen LogP contribution in [0.2, 0.25) is 0 Å². The normalized spacial score (nSPS) is 15.7. The van der Waals surface area contributed by atoms with Crippen LogP contribution in [0.3, 0.4) is 0 Å². The van der Waals surface area contributed by atoms with Crippen molar-refractivity contribution in [2.45, 2.75) is 51.4 Å². The van der Waals surface area contributed by atoms with Crippen molar-refractivity contribution in [1.29, 1.82) is 0 Å². The van der Waals surface area contributed by atoms with E-state index in [1.807, 2.05) is 6.92 Å². The summed E-state index contributed by atoms with van der Waals surface area (Å²) in [5, 5.41) is 0. The van der Waals surface area contributed by atoms with Crippen molar-refractivity contribution >= 4 is 0 Å². The van der Waals surface area contributed by atoms with E-state index in [1.54, 1.807) is 6.07 Å². The molecule has 6 heteroatoms. The fourth-order valence-electron chi connectivity index (χ4n) is 4.54. The number of rotatable bonds is 5. The molecule has 0 saturated carbocycles. The van der Waals surface area contributed by atoms with Gasteiger partial charge >= 0.3 is 0 Å². The largest absolute Gasteiger partial charge is 0.207 e. The number of fused-ring (bicyclic) bond motifs is 1. The Morgan fingerprint density at radius 1 is 0.812 bits per heavy atom. The molecule has 32 heavy (non-hydrogen) atoms. The molecule has 0 fully saturated rings. The van der Waals surface area contributed by atoms with Gasteiger partial charge in [0.2, 0.25) is 0 Å². The third kappa shape index (κ3) is 4.15. The first-order valence-electron chi connectivity index (χ1n) is 10.7. The van der Waals surface area contributed by atoms with Crippen LogP contribution in [0.4, 0.5) is 26.3 Å². The van der Waals surface area contributed by atoms with Crippen molar-refractivity contribution in [3.05, 3.63) is 93.6 Å². The Bertz CT molecular complexity index is 1120. The van der Waals surface area contributed by atoms with E-state index in [-0.39, 0.29) is 29.5 Å². The highest BCUT2D eigenvalue weighted by molar-refractivity contribution is 5.66. The molecular formula is C26H22F6. The molecule has 0 saturated heterocycles. The number of hydrogen-bond donors (Lipinski definition) is 0. The van der Waals surface area contributed by atoms with Crippen molar-refractivity contribution in [3.8, 4) is 11.1 Å². The van der Waals surface area contributed by atoms with Crippen LogP contribution in [0.25, 0.3) is 11.1 Å². The number of unbranched alkanes of at least 4 members (excludes halogenated alkanes) is 1. The molecule has 0 aliphatic heterocycles. The molecule has 1 aliphatic carbocycles. The first-order valence-corrected chi connectivity index (χ1v) is 10.7. The van der Waals surface area contributed by atoms with E-state index < -0.39 is 40.8 Å². The smallest absolute Gasteiger partial charge is 0.194 e. The molecule has 0 heterocycles. The predicted octanol–water partition coefficient (Wildman–Crippen LogP) is 7.80. The third-order valence-electron chi connectivity index (χ3n) is 6.21. The fraction of sp³-hybridized carbons (Fsp3) is 0.308. The van der Waals surface area contributed by atoms with Crippen molar-refractivity contribution in [2.24, 2.45) is 0 Å². The minimum Gasteiger partial charge on any atom is -0.207 e. The number of halogens is 6. The highest BCUT2D eigenvalue weighted by atomic mass is 19.2. The minimum atomic E-state index is -1.61. The quantitative estimate of drug-likeness (QED) is 0.276. The highest BCUT2D eigenvalue weighted by Crippen LogP contribution is 2.39. The summed E-state index contributed by atoms with van der Waals surface area (Å²) in [6.07, 6.45) is 3.19. The summed E-state index contributed by atoms with van der Waals surface area (Å²) in [5.74, 6) is -6.66. The molecule has 168 valence electrons. The van der Waals surface area contributed by atoms with Gasteiger partial charge in [0, 0.05) is 11.1 Å². The maximum Gasteiger partial charge on any atom is 0.194 e. The Morgan fingerprint density at radius 2 is 1.47 bits per heavy atom. The Labute approximate surface area is 182 Å². The molecule has 0 spiro atoms. The zero-order valence-electron chi connectivity index (χ0n) is 17.6. The summed E-state index contributed by atoms with van der Waals surface area (Å²) in [6, 6.07) is 7.23. The van der Waals surface area contributed by atoms with Crippen LogP contribution in [0.5, 0.6) is 0 Å². The summed E-state index contributed by atoms with van der Waals surface area (Å²) in [5.41, 5.74) is 1.43. The van der Waals surface area contributed by atoms with E-state index in [0.717, 1.165) is 25.0 Å². The summed E-state index contributed by atoms with van der Waals surface area (Å²) in [4.78, 5) is 0.